The van der Waals surface area contributed by atoms with Gasteiger partial charge in [0.1, 0.15) is 11.7 Å². The van der Waals surface area contributed by atoms with Crippen molar-refractivity contribution in [2.45, 2.75) is 39.0 Å². The van der Waals surface area contributed by atoms with Crippen molar-refractivity contribution < 1.29 is 9.53 Å². The maximum Gasteiger partial charge on any atom is 0.305 e. The molecule has 0 radical (unpaired) electrons. The molecule has 0 aromatic carbocycles. The van der Waals surface area contributed by atoms with Crippen LogP contribution >= 0.6 is 0 Å². The zero-order chi connectivity index (χ0) is 17.6. The molecule has 0 aliphatic heterocycles. The average molecular weight is 332 g/mol. The number of carbonyl (C=O) groups excluding carboxylic acids is 1. The van der Waals surface area contributed by atoms with Crippen LogP contribution in [0.15, 0.2) is 36.7 Å². The number of unbranched alkanes of at least 4 members (excludes halogenated alkanes) is 3. The number of pyridine rings is 1. The molecule has 0 unspecified atom stereocenters. The van der Waals surface area contributed by atoms with Crippen LogP contribution in [-0.4, -0.2) is 37.0 Å². The number of hydrogen-bond donors (Lipinski definition) is 2. The summed E-state index contributed by atoms with van der Waals surface area (Å²) in [6.45, 7) is 2.99. The molecule has 0 amide bonds. The molecule has 1 aromatic heterocycles. The molecule has 0 aliphatic carbocycles. The van der Waals surface area contributed by atoms with Gasteiger partial charge >= 0.3 is 5.97 Å². The number of nitrogens with one attached hydrogen (secondary N) is 2. The molecule has 6 nitrogen and oxygen atoms in total. The van der Waals surface area contributed by atoms with Gasteiger partial charge in [0, 0.05) is 26.2 Å². The highest BCUT2D eigenvalue weighted by molar-refractivity contribution is 6.02. The zero-order valence-electron chi connectivity index (χ0n) is 14.6. The van der Waals surface area contributed by atoms with Crippen LogP contribution in [-0.2, 0) is 9.53 Å². The molecule has 1 aromatic rings. The Bertz CT molecular complexity index is 517. The second kappa shape index (κ2) is 12.1. The van der Waals surface area contributed by atoms with E-state index in [0.717, 1.165) is 38.0 Å². The van der Waals surface area contributed by atoms with Crippen molar-refractivity contribution in [2.24, 2.45) is 0 Å². The first-order valence-electron chi connectivity index (χ1n) is 8.45. The molecule has 1 heterocycles. The van der Waals surface area contributed by atoms with Crippen LogP contribution in [0.3, 0.4) is 0 Å². The van der Waals surface area contributed by atoms with E-state index >= 15 is 0 Å². The summed E-state index contributed by atoms with van der Waals surface area (Å²) < 4.78 is 4.92. The van der Waals surface area contributed by atoms with Gasteiger partial charge in [0.2, 0.25) is 0 Å². The fourth-order valence-electron chi connectivity index (χ4n) is 2.25. The van der Waals surface area contributed by atoms with Crippen molar-refractivity contribution in [2.75, 3.05) is 25.1 Å². The summed E-state index contributed by atoms with van der Waals surface area (Å²) >= 11 is 0. The van der Waals surface area contributed by atoms with Crippen molar-refractivity contribution in [1.82, 2.24) is 10.3 Å². The van der Waals surface area contributed by atoms with E-state index in [9.17, 15) is 4.79 Å². The van der Waals surface area contributed by atoms with E-state index in [1.54, 1.807) is 25.5 Å². The highest BCUT2D eigenvalue weighted by Crippen LogP contribution is 2.13. The van der Waals surface area contributed by atoms with Gasteiger partial charge in [0.25, 0.3) is 0 Å². The van der Waals surface area contributed by atoms with E-state index in [4.69, 9.17) is 10.1 Å². The van der Waals surface area contributed by atoms with Gasteiger partial charge in [-0.25, -0.2) is 4.98 Å². The van der Waals surface area contributed by atoms with E-state index < -0.39 is 0 Å². The largest absolute Gasteiger partial charge is 0.466 e. The molecule has 2 N–H and O–H groups in total. The predicted octanol–water partition coefficient (Wildman–Crippen LogP) is 3.11. The number of rotatable bonds is 11. The molecular weight excluding hydrogens is 304 g/mol. The number of esters is 1. The summed E-state index contributed by atoms with van der Waals surface area (Å²) in [5.41, 5.74) is 0. The molecule has 24 heavy (non-hydrogen) atoms. The molecule has 132 valence electrons. The summed E-state index contributed by atoms with van der Waals surface area (Å²) in [4.78, 5) is 17.5. The molecule has 0 bridgehead atoms. The number of ether oxygens (including phenoxy) is 1. The maximum absolute atomic E-state index is 11.3. The fourth-order valence-corrected chi connectivity index (χ4v) is 2.25. The van der Waals surface area contributed by atoms with E-state index in [-0.39, 0.29) is 5.97 Å². The van der Waals surface area contributed by atoms with Crippen molar-refractivity contribution in [3.05, 3.63) is 36.7 Å². The molecule has 0 spiro atoms. The molecule has 0 saturated carbocycles. The lowest BCUT2D eigenvalue weighted by Crippen LogP contribution is -2.30. The second-order valence-electron chi connectivity index (χ2n) is 5.32. The number of amidine groups is 1. The average Bonchev–Trinajstić information content (AvgIpc) is 2.60. The molecule has 0 atom stereocenters. The van der Waals surface area contributed by atoms with Gasteiger partial charge in [0.05, 0.1) is 6.61 Å². The first-order chi connectivity index (χ1) is 11.7. The number of carbonyl (C=O) groups is 1. The predicted molar refractivity (Wildman–Crippen MR) is 97.2 cm³/mol. The van der Waals surface area contributed by atoms with Crippen molar-refractivity contribution in [1.29, 1.82) is 5.41 Å². The summed E-state index contributed by atoms with van der Waals surface area (Å²) in [5.74, 6) is 1.05. The van der Waals surface area contributed by atoms with E-state index in [2.05, 4.69) is 10.3 Å². The lowest BCUT2D eigenvalue weighted by Gasteiger charge is -2.22. The van der Waals surface area contributed by atoms with Gasteiger partial charge in [-0.3, -0.25) is 10.2 Å². The Hall–Kier alpha value is -2.37. The van der Waals surface area contributed by atoms with Crippen LogP contribution in [0.5, 0.6) is 0 Å². The first-order valence-corrected chi connectivity index (χ1v) is 8.45. The van der Waals surface area contributed by atoms with Gasteiger partial charge in [-0.2, -0.15) is 0 Å². The quantitative estimate of drug-likeness (QED) is 0.282. The Kier molecular flexibility index (Phi) is 9.92. The topological polar surface area (TPSA) is 78.3 Å². The number of anilines is 1. The van der Waals surface area contributed by atoms with Crippen molar-refractivity contribution >= 4 is 17.6 Å². The summed E-state index contributed by atoms with van der Waals surface area (Å²) in [6, 6.07) is 5.69. The van der Waals surface area contributed by atoms with Crippen LogP contribution in [0.2, 0.25) is 0 Å². The number of hydrogen-bond acceptors (Lipinski definition) is 5. The Balaban J connectivity index is 2.42. The SMILES string of the molecule is CCOC(=O)CCCCCCN(C(=N)/C=C\NC)c1ccccn1. The first kappa shape index (κ1) is 19.7. The van der Waals surface area contributed by atoms with Crippen LogP contribution in [0, 0.1) is 5.41 Å². The molecule has 0 saturated heterocycles. The lowest BCUT2D eigenvalue weighted by atomic mass is 10.1. The standard InChI is InChI=1S/C18H28N4O2/c1-3-24-18(23)11-6-4-5-9-15-22(16(19)12-14-20-2)17-10-7-8-13-21-17/h7-8,10,12-14,19-20H,3-6,9,11,15H2,1-2H3/b14-12-,19-16?. The smallest absolute Gasteiger partial charge is 0.305 e. The van der Waals surface area contributed by atoms with Crippen molar-refractivity contribution in [3.63, 3.8) is 0 Å². The Morgan fingerprint density at radius 1 is 1.33 bits per heavy atom. The van der Waals surface area contributed by atoms with Crippen molar-refractivity contribution in [3.8, 4) is 0 Å². The zero-order valence-corrected chi connectivity index (χ0v) is 14.6. The normalized spacial score (nSPS) is 10.6. The second-order valence-corrected chi connectivity index (χ2v) is 5.32. The fraction of sp³-hybridized carbons (Fsp3) is 0.500. The molecule has 0 aliphatic rings. The molecule has 1 rings (SSSR count). The third kappa shape index (κ3) is 7.76. The van der Waals surface area contributed by atoms with Gasteiger partial charge in [0.15, 0.2) is 0 Å². The highest BCUT2D eigenvalue weighted by Gasteiger charge is 2.10. The van der Waals surface area contributed by atoms with Gasteiger partial charge in [-0.15, -0.1) is 0 Å². The Morgan fingerprint density at radius 2 is 2.12 bits per heavy atom. The molecular formula is C18H28N4O2. The molecule has 0 fully saturated rings. The summed E-state index contributed by atoms with van der Waals surface area (Å²) in [6.07, 6.45) is 9.44. The van der Waals surface area contributed by atoms with Crippen LogP contribution in [0.25, 0.3) is 0 Å². The van der Waals surface area contributed by atoms with Crippen LogP contribution < -0.4 is 10.2 Å². The van der Waals surface area contributed by atoms with Gasteiger partial charge in [-0.1, -0.05) is 18.9 Å². The minimum Gasteiger partial charge on any atom is -0.466 e. The van der Waals surface area contributed by atoms with Gasteiger partial charge < -0.3 is 15.0 Å². The summed E-state index contributed by atoms with van der Waals surface area (Å²) in [7, 11) is 1.80. The monoisotopic (exact) mass is 332 g/mol. The van der Waals surface area contributed by atoms with E-state index in [1.165, 1.54) is 0 Å². The highest BCUT2D eigenvalue weighted by atomic mass is 16.5. The number of nitrogens with zero attached hydrogens (tertiary/aromatic N) is 2. The van der Waals surface area contributed by atoms with Crippen LogP contribution in [0.4, 0.5) is 5.82 Å². The minimum absolute atomic E-state index is 0.119. The summed E-state index contributed by atoms with van der Waals surface area (Å²) in [5, 5.41) is 11.1. The van der Waals surface area contributed by atoms with E-state index in [1.807, 2.05) is 30.0 Å². The number of aromatic nitrogens is 1. The van der Waals surface area contributed by atoms with Gasteiger partial charge in [-0.05, 0) is 44.2 Å². The van der Waals surface area contributed by atoms with Crippen LogP contribution in [0.1, 0.15) is 39.0 Å². The lowest BCUT2D eigenvalue weighted by molar-refractivity contribution is -0.143. The minimum atomic E-state index is -0.119. The van der Waals surface area contributed by atoms with E-state index in [0.29, 0.717) is 18.9 Å². The maximum atomic E-state index is 11.3. The Labute approximate surface area is 144 Å². The third-order valence-electron chi connectivity index (χ3n) is 3.44. The Morgan fingerprint density at radius 3 is 2.79 bits per heavy atom. The molecule has 6 heteroatoms. The third-order valence-corrected chi connectivity index (χ3v) is 3.44.